The number of rotatable bonds is 2. The third-order valence-electron chi connectivity index (χ3n) is 5.32. The fraction of sp³-hybridized carbons (Fsp3) is 0.348. The summed E-state index contributed by atoms with van der Waals surface area (Å²) in [5.41, 5.74) is 8.96. The number of aliphatic imine (C=N–C) groups is 1. The largest absolute Gasteiger partial charge is 0.369 e. The maximum absolute atomic E-state index is 12.0. The predicted octanol–water partition coefficient (Wildman–Crippen LogP) is 3.55. The topological polar surface area (TPSA) is 75.8 Å². The average molecular weight is 377 g/mol. The summed E-state index contributed by atoms with van der Waals surface area (Å²) in [6, 6.07) is 17.9. The number of likely N-dealkylation sites (N-methyl/N-ethyl adjacent to an activating group) is 1. The summed E-state index contributed by atoms with van der Waals surface area (Å²) in [4.78, 5) is 28.7. The summed E-state index contributed by atoms with van der Waals surface area (Å²) in [7, 11) is 1.80. The number of amides is 2. The van der Waals surface area contributed by atoms with Crippen molar-refractivity contribution in [3.8, 4) is 0 Å². The first-order valence-corrected chi connectivity index (χ1v) is 9.83. The van der Waals surface area contributed by atoms with E-state index in [9.17, 15) is 9.59 Å². The Morgan fingerprint density at radius 2 is 1.64 bits per heavy atom. The highest BCUT2D eigenvalue weighted by Gasteiger charge is 2.21. The molecule has 0 saturated heterocycles. The van der Waals surface area contributed by atoms with Crippen molar-refractivity contribution in [1.29, 1.82) is 0 Å². The lowest BCUT2D eigenvalue weighted by atomic mass is 9.89. The van der Waals surface area contributed by atoms with E-state index in [2.05, 4.69) is 4.99 Å². The highest BCUT2D eigenvalue weighted by atomic mass is 16.2. The van der Waals surface area contributed by atoms with Crippen LogP contribution in [0.5, 0.6) is 0 Å². The molecule has 5 heteroatoms. The molecule has 28 heavy (non-hydrogen) atoms. The maximum Gasteiger partial charge on any atom is 0.248 e. The van der Waals surface area contributed by atoms with E-state index in [0.717, 1.165) is 35.4 Å². The van der Waals surface area contributed by atoms with Crippen molar-refractivity contribution >= 4 is 23.2 Å². The van der Waals surface area contributed by atoms with E-state index in [1.54, 1.807) is 11.9 Å². The number of carbonyl (C=O) groups is 2. The van der Waals surface area contributed by atoms with Crippen molar-refractivity contribution in [2.45, 2.75) is 32.1 Å². The molecule has 0 unspecified atom stereocenters. The van der Waals surface area contributed by atoms with Crippen LogP contribution in [0, 0.1) is 5.92 Å². The van der Waals surface area contributed by atoms with Gasteiger partial charge in [-0.15, -0.1) is 0 Å². The molecule has 1 saturated carbocycles. The Balaban J connectivity index is 0.000000211. The van der Waals surface area contributed by atoms with Crippen LogP contribution < -0.4 is 10.6 Å². The molecule has 0 spiro atoms. The predicted molar refractivity (Wildman–Crippen MR) is 113 cm³/mol. The second-order valence-corrected chi connectivity index (χ2v) is 7.24. The van der Waals surface area contributed by atoms with Gasteiger partial charge in [0, 0.05) is 24.1 Å². The highest BCUT2D eigenvalue weighted by molar-refractivity contribution is 6.19. The van der Waals surface area contributed by atoms with Gasteiger partial charge in [-0.05, 0) is 18.9 Å². The Bertz CT molecular complexity index is 855. The number of benzene rings is 2. The van der Waals surface area contributed by atoms with Crippen molar-refractivity contribution in [3.63, 3.8) is 0 Å². The molecule has 1 heterocycles. The summed E-state index contributed by atoms with van der Waals surface area (Å²) in [6.45, 7) is 0.190. The number of carbonyl (C=O) groups excluding carboxylic acids is 2. The molecule has 2 N–H and O–H groups in total. The second kappa shape index (κ2) is 9.31. The minimum Gasteiger partial charge on any atom is -0.369 e. The Morgan fingerprint density at radius 1 is 1.00 bits per heavy atom. The van der Waals surface area contributed by atoms with Crippen LogP contribution >= 0.6 is 0 Å². The lowest BCUT2D eigenvalue weighted by Crippen LogP contribution is -2.27. The van der Waals surface area contributed by atoms with Crippen LogP contribution in [0.25, 0.3) is 0 Å². The van der Waals surface area contributed by atoms with Crippen molar-refractivity contribution in [3.05, 3.63) is 65.7 Å². The lowest BCUT2D eigenvalue weighted by molar-refractivity contribution is -0.122. The zero-order valence-electron chi connectivity index (χ0n) is 16.3. The molecule has 5 nitrogen and oxygen atoms in total. The second-order valence-electron chi connectivity index (χ2n) is 7.24. The molecule has 0 bridgehead atoms. The molecule has 1 aliphatic heterocycles. The summed E-state index contributed by atoms with van der Waals surface area (Å²) >= 11 is 0. The summed E-state index contributed by atoms with van der Waals surface area (Å²) in [5.74, 6) is 0.104. The number of fused-ring (bicyclic) bond motifs is 1. The molecule has 1 aliphatic carbocycles. The molecule has 0 radical (unpaired) electrons. The quantitative estimate of drug-likeness (QED) is 0.869. The van der Waals surface area contributed by atoms with Crippen LogP contribution in [-0.4, -0.2) is 31.1 Å². The van der Waals surface area contributed by atoms with Gasteiger partial charge in [0.05, 0.1) is 11.4 Å². The highest BCUT2D eigenvalue weighted by Crippen LogP contribution is 2.25. The zero-order chi connectivity index (χ0) is 19.9. The lowest BCUT2D eigenvalue weighted by Gasteiger charge is -2.17. The standard InChI is InChI=1S/C16H14N2O.C7H13NO/c1-18-14-10-6-5-9-13(14)16(17-11-15(18)19)12-7-3-2-4-8-12;8-7(9)6-4-2-1-3-5-6/h2-10H,11H2,1H3;6H,1-5H2,(H2,8,9). The molecule has 0 aromatic heterocycles. The maximum atomic E-state index is 12.0. The fourth-order valence-electron chi connectivity index (χ4n) is 3.67. The van der Waals surface area contributed by atoms with Crippen molar-refractivity contribution in [2.24, 2.45) is 16.6 Å². The van der Waals surface area contributed by atoms with Crippen molar-refractivity contribution in [1.82, 2.24) is 0 Å². The van der Waals surface area contributed by atoms with Crippen LogP contribution in [0.1, 0.15) is 43.2 Å². The van der Waals surface area contributed by atoms with Gasteiger partial charge in [-0.2, -0.15) is 0 Å². The molecule has 1 fully saturated rings. The summed E-state index contributed by atoms with van der Waals surface area (Å²) in [6.07, 6.45) is 5.70. The Hall–Kier alpha value is -2.95. The van der Waals surface area contributed by atoms with Gasteiger partial charge in [0.15, 0.2) is 0 Å². The molecular formula is C23H27N3O2. The van der Waals surface area contributed by atoms with E-state index in [0.29, 0.717) is 0 Å². The number of hydrogen-bond acceptors (Lipinski definition) is 3. The van der Waals surface area contributed by atoms with Crippen LogP contribution in [0.15, 0.2) is 59.6 Å². The molecule has 2 aliphatic rings. The summed E-state index contributed by atoms with van der Waals surface area (Å²) in [5, 5.41) is 0. The SMILES string of the molecule is CN1C(=O)CN=C(c2ccccc2)c2ccccc21.NC(=O)C1CCCCC1. The van der Waals surface area contributed by atoms with Gasteiger partial charge in [0.1, 0.15) is 6.54 Å². The van der Waals surface area contributed by atoms with E-state index in [1.807, 2.05) is 54.6 Å². The molecule has 146 valence electrons. The van der Waals surface area contributed by atoms with Gasteiger partial charge in [0.25, 0.3) is 0 Å². The number of anilines is 1. The third kappa shape index (κ3) is 4.66. The minimum atomic E-state index is -0.102. The first-order chi connectivity index (χ1) is 13.6. The van der Waals surface area contributed by atoms with E-state index >= 15 is 0 Å². The Labute approximate surface area is 166 Å². The number of hydrogen-bond donors (Lipinski definition) is 1. The van der Waals surface area contributed by atoms with Gasteiger partial charge in [-0.25, -0.2) is 0 Å². The van der Waals surface area contributed by atoms with Gasteiger partial charge >= 0.3 is 0 Å². The van der Waals surface area contributed by atoms with E-state index in [4.69, 9.17) is 5.73 Å². The number of benzodiazepines with no additional fused rings is 1. The third-order valence-corrected chi connectivity index (χ3v) is 5.32. The number of para-hydroxylation sites is 1. The average Bonchev–Trinajstić information content (AvgIpc) is 2.87. The van der Waals surface area contributed by atoms with Crippen LogP contribution in [0.4, 0.5) is 5.69 Å². The van der Waals surface area contributed by atoms with E-state index in [-0.39, 0.29) is 24.3 Å². The van der Waals surface area contributed by atoms with Crippen molar-refractivity contribution < 1.29 is 9.59 Å². The Morgan fingerprint density at radius 3 is 2.29 bits per heavy atom. The Kier molecular flexibility index (Phi) is 6.58. The molecule has 0 atom stereocenters. The molecule has 4 rings (SSSR count). The molecule has 2 amide bonds. The zero-order valence-corrected chi connectivity index (χ0v) is 16.3. The number of nitrogens with zero attached hydrogens (tertiary/aromatic N) is 2. The minimum absolute atomic E-state index is 0.0124. The summed E-state index contributed by atoms with van der Waals surface area (Å²) < 4.78 is 0. The van der Waals surface area contributed by atoms with Crippen molar-refractivity contribution in [2.75, 3.05) is 18.5 Å². The first-order valence-electron chi connectivity index (χ1n) is 9.83. The van der Waals surface area contributed by atoms with Crippen LogP contribution in [0.2, 0.25) is 0 Å². The first kappa shape index (κ1) is 19.8. The number of primary amides is 1. The van der Waals surface area contributed by atoms with Gasteiger partial charge in [-0.3, -0.25) is 14.6 Å². The fourth-order valence-corrected chi connectivity index (χ4v) is 3.67. The van der Waals surface area contributed by atoms with Gasteiger partial charge < -0.3 is 10.6 Å². The monoisotopic (exact) mass is 377 g/mol. The van der Waals surface area contributed by atoms with Gasteiger partial charge in [-0.1, -0.05) is 67.8 Å². The molecule has 2 aromatic carbocycles. The van der Waals surface area contributed by atoms with E-state index < -0.39 is 0 Å². The van der Waals surface area contributed by atoms with Gasteiger partial charge in [0.2, 0.25) is 11.8 Å². The molecule has 2 aromatic rings. The number of nitrogens with two attached hydrogens (primary N) is 1. The smallest absolute Gasteiger partial charge is 0.248 e. The molecular weight excluding hydrogens is 350 g/mol. The van der Waals surface area contributed by atoms with Crippen LogP contribution in [0.3, 0.4) is 0 Å². The normalized spacial score (nSPS) is 17.0. The van der Waals surface area contributed by atoms with E-state index in [1.165, 1.54) is 19.3 Å². The van der Waals surface area contributed by atoms with Crippen LogP contribution in [-0.2, 0) is 9.59 Å².